The van der Waals surface area contributed by atoms with E-state index in [1.54, 1.807) is 18.5 Å². The van der Waals surface area contributed by atoms with Gasteiger partial charge in [-0.3, -0.25) is 13.9 Å². The molecule has 0 saturated heterocycles. The maximum atomic E-state index is 12.8. The molecule has 0 saturated carbocycles. The van der Waals surface area contributed by atoms with E-state index in [0.717, 1.165) is 15.7 Å². The van der Waals surface area contributed by atoms with Crippen molar-refractivity contribution in [1.82, 2.24) is 19.1 Å². The predicted molar refractivity (Wildman–Crippen MR) is 126 cm³/mol. The molecule has 0 aliphatic carbocycles. The van der Waals surface area contributed by atoms with Gasteiger partial charge in [0.1, 0.15) is 4.83 Å². The van der Waals surface area contributed by atoms with Gasteiger partial charge in [0.2, 0.25) is 0 Å². The summed E-state index contributed by atoms with van der Waals surface area (Å²) in [6.07, 6.45) is 3.66. The van der Waals surface area contributed by atoms with Crippen molar-refractivity contribution in [2.45, 2.75) is 26.3 Å². The van der Waals surface area contributed by atoms with Gasteiger partial charge in [-0.1, -0.05) is 24.3 Å². The normalized spacial score (nSPS) is 11.0. The van der Waals surface area contributed by atoms with Crippen molar-refractivity contribution in [1.29, 1.82) is 0 Å². The van der Waals surface area contributed by atoms with E-state index in [-0.39, 0.29) is 29.4 Å². The third-order valence-electron chi connectivity index (χ3n) is 5.07. The van der Waals surface area contributed by atoms with Crippen molar-refractivity contribution in [3.63, 3.8) is 0 Å². The molecule has 10 heteroatoms. The number of fused-ring (bicyclic) bond motifs is 1. The van der Waals surface area contributed by atoms with Crippen LogP contribution < -0.4 is 11.2 Å². The summed E-state index contributed by atoms with van der Waals surface area (Å²) in [5.74, 6) is -0.576. The van der Waals surface area contributed by atoms with Crippen LogP contribution >= 0.6 is 23.7 Å². The van der Waals surface area contributed by atoms with Crippen LogP contribution in [0.25, 0.3) is 21.6 Å². The number of hydrogen-bond donors (Lipinski definition) is 1. The van der Waals surface area contributed by atoms with Gasteiger partial charge in [0.15, 0.2) is 5.82 Å². The highest BCUT2D eigenvalue weighted by Gasteiger charge is 2.26. The highest BCUT2D eigenvalue weighted by molar-refractivity contribution is 7.19. The smallest absolute Gasteiger partial charge is 0.337 e. The van der Waals surface area contributed by atoms with Gasteiger partial charge in [0, 0.05) is 42.3 Å². The number of carboxylic acid groups (broad SMARTS) is 1. The van der Waals surface area contributed by atoms with Crippen molar-refractivity contribution in [3.8, 4) is 11.4 Å². The third-order valence-corrected chi connectivity index (χ3v) is 6.25. The average molecular weight is 473 g/mol. The van der Waals surface area contributed by atoms with Crippen molar-refractivity contribution < 1.29 is 9.90 Å². The van der Waals surface area contributed by atoms with Gasteiger partial charge in [-0.15, -0.1) is 23.7 Å². The summed E-state index contributed by atoms with van der Waals surface area (Å²) in [7, 11) is 1.37. The first-order valence-electron chi connectivity index (χ1n) is 9.66. The summed E-state index contributed by atoms with van der Waals surface area (Å²) < 4.78 is 2.45. The Morgan fingerprint density at radius 1 is 1.12 bits per heavy atom. The van der Waals surface area contributed by atoms with Crippen molar-refractivity contribution >= 4 is 39.9 Å². The van der Waals surface area contributed by atoms with Crippen LogP contribution in [0.1, 0.15) is 40.7 Å². The van der Waals surface area contributed by atoms with Gasteiger partial charge >= 0.3 is 11.7 Å². The minimum absolute atomic E-state index is 0. The molecule has 3 heterocycles. The zero-order chi connectivity index (χ0) is 22.3. The summed E-state index contributed by atoms with van der Waals surface area (Å²) in [6.45, 7) is 3.66. The minimum atomic E-state index is -1.18. The minimum Gasteiger partial charge on any atom is -0.478 e. The summed E-state index contributed by atoms with van der Waals surface area (Å²) in [5.41, 5.74) is 0.647. The van der Waals surface area contributed by atoms with Gasteiger partial charge in [-0.05, 0) is 25.5 Å². The molecule has 0 spiro atoms. The number of carboxylic acids is 1. The van der Waals surface area contributed by atoms with Crippen molar-refractivity contribution in [3.05, 3.63) is 79.6 Å². The Kier molecular flexibility index (Phi) is 6.61. The van der Waals surface area contributed by atoms with Crippen LogP contribution in [-0.2, 0) is 13.5 Å². The Labute approximate surface area is 193 Å². The van der Waals surface area contributed by atoms with Crippen LogP contribution in [0, 0.1) is 0 Å². The molecular weight excluding hydrogens is 452 g/mol. The number of thiophene rings is 1. The monoisotopic (exact) mass is 472 g/mol. The fourth-order valence-corrected chi connectivity index (χ4v) is 4.99. The Morgan fingerprint density at radius 3 is 2.31 bits per heavy atom. The van der Waals surface area contributed by atoms with E-state index >= 15 is 0 Å². The lowest BCUT2D eigenvalue weighted by atomic mass is 10.0. The molecule has 1 N–H and O–H groups in total. The molecule has 4 rings (SSSR count). The fourth-order valence-electron chi connectivity index (χ4n) is 3.55. The number of carbonyl (C=O) groups is 1. The van der Waals surface area contributed by atoms with E-state index in [9.17, 15) is 19.5 Å². The van der Waals surface area contributed by atoms with Gasteiger partial charge in [0.05, 0.1) is 10.9 Å². The number of aromatic nitrogens is 4. The second-order valence-corrected chi connectivity index (χ2v) is 8.53. The second-order valence-electron chi connectivity index (χ2n) is 7.44. The van der Waals surface area contributed by atoms with Gasteiger partial charge in [-0.2, -0.15) is 0 Å². The predicted octanol–water partition coefficient (Wildman–Crippen LogP) is 3.51. The summed E-state index contributed by atoms with van der Waals surface area (Å²) >= 11 is 1.18. The zero-order valence-corrected chi connectivity index (χ0v) is 19.2. The Balaban J connectivity index is 0.00000289. The number of halogens is 1. The maximum absolute atomic E-state index is 12.8. The average Bonchev–Trinajstić information content (AvgIpc) is 3.12. The van der Waals surface area contributed by atoms with E-state index in [1.807, 2.05) is 38.1 Å². The molecule has 0 fully saturated rings. The number of hydrogen-bond acceptors (Lipinski definition) is 6. The Morgan fingerprint density at radius 2 is 1.75 bits per heavy atom. The molecule has 4 aromatic rings. The number of rotatable bonds is 5. The molecule has 1 aromatic carbocycles. The molecular formula is C22H21ClN4O4S. The van der Waals surface area contributed by atoms with Gasteiger partial charge < -0.3 is 5.11 Å². The zero-order valence-electron chi connectivity index (χ0n) is 17.6. The van der Waals surface area contributed by atoms with E-state index in [1.165, 1.54) is 23.0 Å². The molecule has 0 aliphatic heterocycles. The maximum Gasteiger partial charge on any atom is 0.337 e. The van der Waals surface area contributed by atoms with Crippen LogP contribution in [0.4, 0.5) is 0 Å². The number of aromatic carboxylic acids is 1. The Bertz CT molecular complexity index is 1410. The molecule has 0 atom stereocenters. The lowest BCUT2D eigenvalue weighted by molar-refractivity contribution is 0.0698. The first kappa shape index (κ1) is 23.4. The lowest BCUT2D eigenvalue weighted by Crippen LogP contribution is -2.38. The van der Waals surface area contributed by atoms with E-state index in [0.29, 0.717) is 22.0 Å². The molecule has 166 valence electrons. The van der Waals surface area contributed by atoms with Crippen molar-refractivity contribution in [2.24, 2.45) is 7.05 Å². The second kappa shape index (κ2) is 9.05. The van der Waals surface area contributed by atoms with Crippen LogP contribution in [0.5, 0.6) is 0 Å². The summed E-state index contributed by atoms with van der Waals surface area (Å²) in [5, 5.41) is 9.97. The molecule has 32 heavy (non-hydrogen) atoms. The molecule has 0 radical (unpaired) electrons. The van der Waals surface area contributed by atoms with Crippen LogP contribution in [-0.4, -0.2) is 30.2 Å². The van der Waals surface area contributed by atoms with Gasteiger partial charge in [-0.25, -0.2) is 19.6 Å². The Hall–Kier alpha value is -3.30. The largest absolute Gasteiger partial charge is 0.478 e. The highest BCUT2D eigenvalue weighted by atomic mass is 35.5. The number of benzene rings is 1. The van der Waals surface area contributed by atoms with E-state index in [4.69, 9.17) is 0 Å². The first-order chi connectivity index (χ1) is 14.8. The van der Waals surface area contributed by atoms with E-state index in [2.05, 4.69) is 9.97 Å². The number of nitrogens with zero attached hydrogens (tertiary/aromatic N) is 4. The first-order valence-corrected chi connectivity index (χ1v) is 10.5. The molecule has 8 nitrogen and oxygen atoms in total. The fraction of sp³-hybridized carbons (Fsp3) is 0.227. The van der Waals surface area contributed by atoms with Crippen LogP contribution in [0.15, 0.2) is 52.3 Å². The van der Waals surface area contributed by atoms with E-state index < -0.39 is 17.2 Å². The highest BCUT2D eigenvalue weighted by Crippen LogP contribution is 2.32. The molecule has 0 aliphatic rings. The standard InChI is InChI=1S/C22H20N4O4S.ClH/c1-12(2)26-20-17(19(27)25(3)22(26)30)16(21(28)29)15(31-20)11-13-5-7-14(8-6-13)18-23-9-4-10-24-18;/h4-10,12H,11H2,1-3H3,(H,28,29);1H. The quantitative estimate of drug-likeness (QED) is 0.476. The SMILES string of the molecule is CC(C)n1c(=O)n(C)c(=O)c2c(C(=O)O)c(Cc3ccc(-c4ncccn4)cc3)sc21.Cl. The van der Waals surface area contributed by atoms with Gasteiger partial charge in [0.25, 0.3) is 5.56 Å². The van der Waals surface area contributed by atoms with Crippen LogP contribution in [0.2, 0.25) is 0 Å². The van der Waals surface area contributed by atoms with Crippen molar-refractivity contribution in [2.75, 3.05) is 0 Å². The molecule has 0 amide bonds. The third kappa shape index (κ3) is 3.96. The summed E-state index contributed by atoms with van der Waals surface area (Å²) in [4.78, 5) is 46.9. The van der Waals surface area contributed by atoms with Crippen LogP contribution in [0.3, 0.4) is 0 Å². The molecule has 3 aromatic heterocycles. The topological polar surface area (TPSA) is 107 Å². The summed E-state index contributed by atoms with van der Waals surface area (Å²) in [6, 6.07) is 9.04. The molecule has 0 bridgehead atoms. The lowest BCUT2D eigenvalue weighted by Gasteiger charge is -2.12. The molecule has 0 unspecified atom stereocenters.